The Morgan fingerprint density at radius 3 is 1.95 bits per heavy atom. The van der Waals surface area contributed by atoms with Crippen molar-refractivity contribution < 1.29 is 19.1 Å². The number of anilines is 2. The lowest BCUT2D eigenvalue weighted by molar-refractivity contribution is -0.122. The largest absolute Gasteiger partial charge is 0.496 e. The van der Waals surface area contributed by atoms with Gasteiger partial charge in [-0.25, -0.2) is 9.69 Å². The predicted molar refractivity (Wildman–Crippen MR) is 174 cm³/mol. The summed E-state index contributed by atoms with van der Waals surface area (Å²) in [6, 6.07) is 29.2. The third kappa shape index (κ3) is 4.89. The smallest absolute Gasteiger partial charge is 0.335 e. The zero-order valence-corrected chi connectivity index (χ0v) is 25.7. The summed E-state index contributed by atoms with van der Waals surface area (Å²) in [4.78, 5) is 44.0. The number of rotatable bonds is 5. The van der Waals surface area contributed by atoms with Crippen molar-refractivity contribution in [2.45, 2.75) is 24.7 Å². The maximum Gasteiger partial charge on any atom is 0.335 e. The first-order valence-electron chi connectivity index (χ1n) is 14.7. The van der Waals surface area contributed by atoms with Gasteiger partial charge in [0.05, 0.1) is 17.3 Å². The lowest BCUT2D eigenvalue weighted by atomic mass is 9.76. The zero-order chi connectivity index (χ0) is 30.4. The first kappa shape index (κ1) is 28.1. The van der Waals surface area contributed by atoms with Crippen molar-refractivity contribution in [3.05, 3.63) is 129 Å². The minimum Gasteiger partial charge on any atom is -0.496 e. The van der Waals surface area contributed by atoms with E-state index in [1.165, 1.54) is 22.9 Å². The van der Waals surface area contributed by atoms with Gasteiger partial charge in [0.1, 0.15) is 11.3 Å². The van der Waals surface area contributed by atoms with Crippen LogP contribution in [-0.2, 0) is 9.59 Å². The third-order valence-electron chi connectivity index (χ3n) is 8.85. The van der Waals surface area contributed by atoms with Gasteiger partial charge in [0.15, 0.2) is 0 Å². The number of methoxy groups -OCH3 is 1. The average molecular weight is 649 g/mol. The van der Waals surface area contributed by atoms with Crippen molar-refractivity contribution in [3.8, 4) is 5.75 Å². The Morgan fingerprint density at radius 1 is 0.818 bits per heavy atom. The molecule has 7 rings (SSSR count). The van der Waals surface area contributed by atoms with Gasteiger partial charge in [-0.15, -0.1) is 0 Å². The van der Waals surface area contributed by atoms with Crippen LogP contribution in [0.5, 0.6) is 5.75 Å². The van der Waals surface area contributed by atoms with E-state index < -0.39 is 17.8 Å². The van der Waals surface area contributed by atoms with E-state index in [1.54, 1.807) is 25.3 Å². The second kappa shape index (κ2) is 11.4. The molecule has 4 aromatic rings. The highest BCUT2D eigenvalue weighted by molar-refractivity contribution is 9.10. The van der Waals surface area contributed by atoms with Gasteiger partial charge >= 0.3 is 6.03 Å². The Balaban J connectivity index is 1.38. The number of carbonyl (C=O) groups is 3. The van der Waals surface area contributed by atoms with E-state index in [4.69, 9.17) is 4.74 Å². The van der Waals surface area contributed by atoms with Crippen LogP contribution in [0.2, 0.25) is 0 Å². The van der Waals surface area contributed by atoms with Gasteiger partial charge < -0.3 is 9.64 Å². The number of halogens is 1. The second-order valence-electron chi connectivity index (χ2n) is 11.3. The van der Waals surface area contributed by atoms with Crippen LogP contribution in [0.15, 0.2) is 101 Å². The third-order valence-corrected chi connectivity index (χ3v) is 9.47. The topological polar surface area (TPSA) is 79.0 Å². The lowest BCUT2D eigenvalue weighted by Crippen LogP contribution is -2.54. The van der Waals surface area contributed by atoms with Crippen LogP contribution in [0.25, 0.3) is 6.08 Å². The van der Waals surface area contributed by atoms with Gasteiger partial charge in [-0.1, -0.05) is 66.7 Å². The van der Waals surface area contributed by atoms with Crippen LogP contribution in [0.1, 0.15) is 52.5 Å². The number of barbiturate groups is 1. The first-order chi connectivity index (χ1) is 21.4. The number of hydrogen-bond acceptors (Lipinski definition) is 5. The van der Waals surface area contributed by atoms with Crippen LogP contribution in [0, 0.1) is 0 Å². The van der Waals surface area contributed by atoms with Gasteiger partial charge in [0.25, 0.3) is 11.8 Å². The van der Waals surface area contributed by atoms with Crippen molar-refractivity contribution in [1.82, 2.24) is 5.32 Å². The van der Waals surface area contributed by atoms with E-state index >= 15 is 0 Å². The fourth-order valence-electron chi connectivity index (χ4n) is 6.80. The van der Waals surface area contributed by atoms with E-state index in [1.807, 2.05) is 48.5 Å². The highest BCUT2D eigenvalue weighted by atomic mass is 79.9. The van der Waals surface area contributed by atoms with Crippen LogP contribution >= 0.6 is 15.9 Å². The number of nitrogens with one attached hydrogen (secondary N) is 1. The molecule has 0 unspecified atom stereocenters. The van der Waals surface area contributed by atoms with Crippen LogP contribution in [-0.4, -0.2) is 38.0 Å². The molecule has 2 atom stereocenters. The predicted octanol–water partition coefficient (Wildman–Crippen LogP) is 7.00. The van der Waals surface area contributed by atoms with E-state index in [2.05, 4.69) is 50.4 Å². The van der Waals surface area contributed by atoms with Crippen LogP contribution in [0.3, 0.4) is 0 Å². The molecule has 8 heteroatoms. The van der Waals surface area contributed by atoms with Crippen molar-refractivity contribution in [2.75, 3.05) is 30.0 Å². The Bertz CT molecular complexity index is 1750. The number of imide groups is 2. The van der Waals surface area contributed by atoms with Crippen molar-refractivity contribution in [2.24, 2.45) is 0 Å². The number of hydrogen-bond donors (Lipinski definition) is 1. The van der Waals surface area contributed by atoms with Gasteiger partial charge in [-0.2, -0.15) is 0 Å². The summed E-state index contributed by atoms with van der Waals surface area (Å²) >= 11 is 3.46. The summed E-state index contributed by atoms with van der Waals surface area (Å²) in [7, 11) is 1.57. The summed E-state index contributed by atoms with van der Waals surface area (Å²) in [6.07, 6.45) is 3.35. The number of carbonyl (C=O) groups excluding carboxylic acids is 3. The molecule has 4 aromatic carbocycles. The fraction of sp³-hybridized carbons (Fsp3) is 0.194. The number of benzene rings is 4. The second-order valence-corrected chi connectivity index (χ2v) is 12.2. The molecule has 0 saturated carbocycles. The van der Waals surface area contributed by atoms with Crippen LogP contribution < -0.4 is 19.9 Å². The Morgan fingerprint density at radius 2 is 1.41 bits per heavy atom. The molecule has 1 saturated heterocycles. The van der Waals surface area contributed by atoms with E-state index in [0.29, 0.717) is 21.5 Å². The van der Waals surface area contributed by atoms with Gasteiger partial charge in [0, 0.05) is 30.6 Å². The normalized spacial score (nSPS) is 20.4. The number of amides is 4. The highest BCUT2D eigenvalue weighted by Gasteiger charge is 2.40. The molecule has 44 heavy (non-hydrogen) atoms. The summed E-state index contributed by atoms with van der Waals surface area (Å²) in [5, 5.41) is 2.40. The molecule has 1 fully saturated rings. The molecule has 0 radical (unpaired) electrons. The molecule has 0 bridgehead atoms. The molecule has 0 spiro atoms. The van der Waals surface area contributed by atoms with E-state index in [0.717, 1.165) is 42.0 Å². The summed E-state index contributed by atoms with van der Waals surface area (Å²) in [5.74, 6) is -0.549. The Labute approximate surface area is 264 Å². The molecular formula is C36H30BrN3O4. The molecular weight excluding hydrogens is 618 g/mol. The molecule has 0 aliphatic carbocycles. The number of urea groups is 1. The molecule has 4 amide bonds. The lowest BCUT2D eigenvalue weighted by Gasteiger charge is -2.44. The Kier molecular flexibility index (Phi) is 7.30. The number of nitrogens with zero attached hydrogens (tertiary/aromatic N) is 2. The molecule has 3 aliphatic heterocycles. The Hall–Kier alpha value is -4.69. The highest BCUT2D eigenvalue weighted by Crippen LogP contribution is 2.50. The maximum absolute atomic E-state index is 14.0. The monoisotopic (exact) mass is 647 g/mol. The maximum atomic E-state index is 14.0. The van der Waals surface area contributed by atoms with Crippen LogP contribution in [0.4, 0.5) is 16.2 Å². The molecule has 3 aliphatic rings. The van der Waals surface area contributed by atoms with Gasteiger partial charge in [-0.05, 0) is 86.9 Å². The standard InChI is InChI=1S/C36H30BrN3O4/c1-44-32-13-12-22(19-31(32)37)18-30-34(41)38-36(43)40(35(30)42)25-20-28-26(23-8-4-2-5-9-23)14-16-39-17-15-27(29(21-25)33(28)39)24-10-6-3-7-11-24/h2-13,18-21,26-27H,14-17H2,1H3,(H,38,41,43)/b30-18+/t26-,27-/m1/s1. The van der Waals surface area contributed by atoms with E-state index in [-0.39, 0.29) is 17.4 Å². The molecule has 1 N–H and O–H groups in total. The zero-order valence-electron chi connectivity index (χ0n) is 24.1. The average Bonchev–Trinajstić information content (AvgIpc) is 3.04. The molecule has 0 aromatic heterocycles. The summed E-state index contributed by atoms with van der Waals surface area (Å²) < 4.78 is 6.00. The van der Waals surface area contributed by atoms with E-state index in [9.17, 15) is 14.4 Å². The van der Waals surface area contributed by atoms with Crippen molar-refractivity contribution >= 4 is 51.2 Å². The quantitative estimate of drug-likeness (QED) is 0.186. The summed E-state index contributed by atoms with van der Waals surface area (Å²) in [6.45, 7) is 1.87. The number of ether oxygens (including phenoxy) is 1. The fourth-order valence-corrected chi connectivity index (χ4v) is 7.36. The van der Waals surface area contributed by atoms with Gasteiger partial charge in [0.2, 0.25) is 0 Å². The molecule has 220 valence electrons. The van der Waals surface area contributed by atoms with Gasteiger partial charge in [-0.3, -0.25) is 14.9 Å². The summed E-state index contributed by atoms with van der Waals surface area (Å²) in [5.41, 5.74) is 6.74. The van der Waals surface area contributed by atoms with Crippen molar-refractivity contribution in [1.29, 1.82) is 0 Å². The molecule has 7 nitrogen and oxygen atoms in total. The minimum absolute atomic E-state index is 0.104. The minimum atomic E-state index is -0.754. The first-order valence-corrected chi connectivity index (χ1v) is 15.5. The SMILES string of the molecule is COc1ccc(/C=C2\C(=O)NC(=O)N(c3cc4c5c(c3)[C@@H](c3ccccc3)CCN5CC[C@@H]4c3ccccc3)C2=O)cc1Br. The van der Waals surface area contributed by atoms with Crippen molar-refractivity contribution in [3.63, 3.8) is 0 Å². The molecule has 3 heterocycles.